The molecule has 5 nitrogen and oxygen atoms in total. The van der Waals surface area contributed by atoms with Crippen molar-refractivity contribution in [2.45, 2.75) is 12.7 Å². The van der Waals surface area contributed by atoms with Crippen molar-refractivity contribution < 1.29 is 27.7 Å². The quantitative estimate of drug-likeness (QED) is 0.788. The van der Waals surface area contributed by atoms with Crippen LogP contribution in [0.1, 0.15) is 21.5 Å². The minimum absolute atomic E-state index is 0.0860. The number of piperazine rings is 1. The van der Waals surface area contributed by atoms with Gasteiger partial charge in [-0.2, -0.15) is 13.2 Å². The predicted octanol–water partition coefficient (Wildman–Crippen LogP) is 1.36. The number of carbonyl (C=O) groups is 2. The molecule has 154 valence electrons. The van der Waals surface area contributed by atoms with Gasteiger partial charge in [0.2, 0.25) is 5.91 Å². The summed E-state index contributed by atoms with van der Waals surface area (Å²) in [5.74, 6) is -0.760. The number of hydrogen-bond donors (Lipinski definition) is 2. The first-order valence-corrected chi connectivity index (χ1v) is 9.43. The zero-order valence-electron chi connectivity index (χ0n) is 15.8. The largest absolute Gasteiger partial charge is 0.416 e. The summed E-state index contributed by atoms with van der Waals surface area (Å²) in [5, 5.41) is 2.49. The van der Waals surface area contributed by atoms with Crippen LogP contribution >= 0.6 is 0 Å². The van der Waals surface area contributed by atoms with Crippen molar-refractivity contribution in [3.63, 3.8) is 0 Å². The molecule has 2 N–H and O–H groups in total. The Morgan fingerprint density at radius 3 is 2.17 bits per heavy atom. The molecule has 0 unspecified atom stereocenters. The molecule has 2 aromatic rings. The first-order valence-electron chi connectivity index (χ1n) is 9.43. The van der Waals surface area contributed by atoms with Crippen molar-refractivity contribution in [2.24, 2.45) is 0 Å². The molecule has 0 aromatic heterocycles. The van der Waals surface area contributed by atoms with Crippen LogP contribution in [0, 0.1) is 0 Å². The Balaban J connectivity index is 1.43. The lowest BCUT2D eigenvalue weighted by Gasteiger charge is -2.32. The second kappa shape index (κ2) is 9.09. The molecule has 0 spiro atoms. The number of rotatable bonds is 5. The highest BCUT2D eigenvalue weighted by molar-refractivity contribution is 5.96. The molecule has 8 heteroatoms. The molecule has 0 aliphatic carbocycles. The van der Waals surface area contributed by atoms with Gasteiger partial charge >= 0.3 is 6.18 Å². The summed E-state index contributed by atoms with van der Waals surface area (Å²) in [7, 11) is 0. The van der Waals surface area contributed by atoms with E-state index in [4.69, 9.17) is 0 Å². The van der Waals surface area contributed by atoms with Crippen molar-refractivity contribution >= 4 is 11.8 Å². The third-order valence-electron chi connectivity index (χ3n) is 4.99. The average molecular weight is 406 g/mol. The van der Waals surface area contributed by atoms with Crippen LogP contribution in [0.15, 0.2) is 54.6 Å². The second-order valence-corrected chi connectivity index (χ2v) is 7.05. The van der Waals surface area contributed by atoms with Crippen LogP contribution in [0.3, 0.4) is 0 Å². The van der Waals surface area contributed by atoms with Gasteiger partial charge in [-0.3, -0.25) is 9.59 Å². The molecule has 1 saturated heterocycles. The first kappa shape index (κ1) is 20.9. The molecule has 1 aliphatic rings. The Kier molecular flexibility index (Phi) is 6.53. The minimum Gasteiger partial charge on any atom is -0.343 e. The van der Waals surface area contributed by atoms with Gasteiger partial charge in [0.1, 0.15) is 6.54 Å². The standard InChI is InChI=1S/C21H22F3N3O2/c22-21(23,24)18-8-6-17(7-9-18)20(29)25-14-19(28)27-12-10-26(11-13-27)15-16-4-2-1-3-5-16/h1-9H,10-15H2,(H,25,29)/p+1. The molecule has 1 fully saturated rings. The molecule has 0 saturated carbocycles. The van der Waals surface area contributed by atoms with Gasteiger partial charge in [-0.1, -0.05) is 30.3 Å². The number of hydrogen-bond acceptors (Lipinski definition) is 2. The summed E-state index contributed by atoms with van der Waals surface area (Å²) in [5.41, 5.74) is 0.523. The third kappa shape index (κ3) is 5.80. The van der Waals surface area contributed by atoms with Gasteiger partial charge in [-0.15, -0.1) is 0 Å². The Morgan fingerprint density at radius 2 is 1.59 bits per heavy atom. The van der Waals surface area contributed by atoms with E-state index in [9.17, 15) is 22.8 Å². The van der Waals surface area contributed by atoms with Crippen molar-refractivity contribution in [3.05, 3.63) is 71.3 Å². The Bertz CT molecular complexity index is 830. The van der Waals surface area contributed by atoms with E-state index in [2.05, 4.69) is 17.4 Å². The highest BCUT2D eigenvalue weighted by atomic mass is 19.4. The number of alkyl halides is 3. The van der Waals surface area contributed by atoms with Crippen LogP contribution in [-0.2, 0) is 17.5 Å². The molecule has 2 amide bonds. The predicted molar refractivity (Wildman–Crippen MR) is 101 cm³/mol. The molecule has 1 heterocycles. The van der Waals surface area contributed by atoms with Gasteiger partial charge in [0.25, 0.3) is 5.91 Å². The molecule has 2 aromatic carbocycles. The Labute approximate surface area is 167 Å². The van der Waals surface area contributed by atoms with Crippen molar-refractivity contribution in [1.29, 1.82) is 0 Å². The lowest BCUT2D eigenvalue weighted by molar-refractivity contribution is -0.917. The Hall–Kier alpha value is -2.87. The summed E-state index contributed by atoms with van der Waals surface area (Å²) < 4.78 is 37.7. The second-order valence-electron chi connectivity index (χ2n) is 7.05. The fourth-order valence-corrected chi connectivity index (χ4v) is 3.31. The van der Waals surface area contributed by atoms with Crippen LogP contribution in [0.4, 0.5) is 13.2 Å². The smallest absolute Gasteiger partial charge is 0.343 e. The fourth-order valence-electron chi connectivity index (χ4n) is 3.31. The van der Waals surface area contributed by atoms with Crippen LogP contribution in [0.5, 0.6) is 0 Å². The molecule has 29 heavy (non-hydrogen) atoms. The van der Waals surface area contributed by atoms with E-state index in [-0.39, 0.29) is 18.0 Å². The third-order valence-corrected chi connectivity index (χ3v) is 4.99. The van der Waals surface area contributed by atoms with Gasteiger partial charge in [0.15, 0.2) is 0 Å². The molecular formula is C21H23F3N3O2+. The minimum atomic E-state index is -4.45. The topological polar surface area (TPSA) is 53.9 Å². The SMILES string of the molecule is O=C(NCC(=O)N1CC[NH+](Cc2ccccc2)CC1)c1ccc(C(F)(F)F)cc1. The molecule has 0 atom stereocenters. The number of amides is 2. The zero-order chi connectivity index (χ0) is 20.9. The first-order chi connectivity index (χ1) is 13.8. The number of carbonyl (C=O) groups excluding carboxylic acids is 2. The molecular weight excluding hydrogens is 383 g/mol. The lowest BCUT2D eigenvalue weighted by Crippen LogP contribution is -3.13. The number of halogens is 3. The van der Waals surface area contributed by atoms with E-state index in [0.717, 1.165) is 43.9 Å². The van der Waals surface area contributed by atoms with E-state index in [1.54, 1.807) is 4.90 Å². The van der Waals surface area contributed by atoms with E-state index in [0.29, 0.717) is 13.1 Å². The zero-order valence-corrected chi connectivity index (χ0v) is 15.8. The van der Waals surface area contributed by atoms with Gasteiger partial charge in [-0.25, -0.2) is 0 Å². The maximum absolute atomic E-state index is 12.6. The summed E-state index contributed by atoms with van der Waals surface area (Å²) in [6.45, 7) is 3.61. The van der Waals surface area contributed by atoms with Gasteiger partial charge < -0.3 is 15.1 Å². The lowest BCUT2D eigenvalue weighted by atomic mass is 10.1. The van der Waals surface area contributed by atoms with Crippen LogP contribution in [0.2, 0.25) is 0 Å². The Morgan fingerprint density at radius 1 is 0.966 bits per heavy atom. The van der Waals surface area contributed by atoms with Gasteiger partial charge in [0.05, 0.1) is 38.3 Å². The molecule has 0 bridgehead atoms. The monoisotopic (exact) mass is 406 g/mol. The highest BCUT2D eigenvalue weighted by Crippen LogP contribution is 2.29. The summed E-state index contributed by atoms with van der Waals surface area (Å²) in [6, 6.07) is 14.1. The van der Waals surface area contributed by atoms with E-state index in [1.165, 1.54) is 10.5 Å². The van der Waals surface area contributed by atoms with Crippen LogP contribution in [-0.4, -0.2) is 49.4 Å². The van der Waals surface area contributed by atoms with Gasteiger partial charge in [0, 0.05) is 11.1 Å². The van der Waals surface area contributed by atoms with E-state index in [1.807, 2.05) is 18.2 Å². The average Bonchev–Trinajstić information content (AvgIpc) is 2.72. The molecule has 3 rings (SSSR count). The number of nitrogens with one attached hydrogen (secondary N) is 2. The van der Waals surface area contributed by atoms with Crippen molar-refractivity contribution in [1.82, 2.24) is 10.2 Å². The number of quaternary nitrogens is 1. The summed E-state index contributed by atoms with van der Waals surface area (Å²) in [4.78, 5) is 27.5. The summed E-state index contributed by atoms with van der Waals surface area (Å²) >= 11 is 0. The van der Waals surface area contributed by atoms with Gasteiger partial charge in [-0.05, 0) is 24.3 Å². The van der Waals surface area contributed by atoms with Crippen molar-refractivity contribution in [2.75, 3.05) is 32.7 Å². The van der Waals surface area contributed by atoms with Crippen LogP contribution in [0.25, 0.3) is 0 Å². The maximum atomic E-state index is 12.6. The van der Waals surface area contributed by atoms with Crippen molar-refractivity contribution in [3.8, 4) is 0 Å². The van der Waals surface area contributed by atoms with Crippen LogP contribution < -0.4 is 10.2 Å². The maximum Gasteiger partial charge on any atom is 0.416 e. The number of nitrogens with zero attached hydrogens (tertiary/aromatic N) is 1. The van der Waals surface area contributed by atoms with E-state index < -0.39 is 17.6 Å². The highest BCUT2D eigenvalue weighted by Gasteiger charge is 2.30. The van der Waals surface area contributed by atoms with E-state index >= 15 is 0 Å². The summed E-state index contributed by atoms with van der Waals surface area (Å²) in [6.07, 6.45) is -4.45. The fraction of sp³-hybridized carbons (Fsp3) is 0.333. The molecule has 0 radical (unpaired) electrons. The molecule has 1 aliphatic heterocycles. The normalized spacial score (nSPS) is 15.2. The number of benzene rings is 2.